The van der Waals surface area contributed by atoms with E-state index in [0.29, 0.717) is 0 Å². The van der Waals surface area contributed by atoms with Gasteiger partial charge in [-0.2, -0.15) is 0 Å². The summed E-state index contributed by atoms with van der Waals surface area (Å²) in [6, 6.07) is 12.0. The van der Waals surface area contributed by atoms with Crippen molar-refractivity contribution < 1.29 is 12.8 Å². The highest BCUT2D eigenvalue weighted by Crippen LogP contribution is 2.17. The molecule has 21 heavy (non-hydrogen) atoms. The molecule has 2 aromatic carbocycles. The van der Waals surface area contributed by atoms with E-state index in [1.165, 1.54) is 18.2 Å². The largest absolute Gasteiger partial charge is 0.319 e. The number of sulfonamides is 1. The second kappa shape index (κ2) is 6.69. The van der Waals surface area contributed by atoms with E-state index in [4.69, 9.17) is 0 Å². The van der Waals surface area contributed by atoms with E-state index in [-0.39, 0.29) is 10.6 Å². The highest BCUT2D eigenvalue weighted by atomic mass is 32.2. The third-order valence-corrected chi connectivity index (χ3v) is 4.37. The second-order valence-corrected chi connectivity index (χ2v) is 6.30. The summed E-state index contributed by atoms with van der Waals surface area (Å²) in [6.07, 6.45) is 0.828. The molecule has 112 valence electrons. The van der Waals surface area contributed by atoms with Crippen molar-refractivity contribution in [3.63, 3.8) is 0 Å². The topological polar surface area (TPSA) is 58.2 Å². The lowest BCUT2D eigenvalue weighted by atomic mass is 10.1. The number of hydrogen-bond acceptors (Lipinski definition) is 3. The van der Waals surface area contributed by atoms with E-state index in [1.807, 2.05) is 7.05 Å². The van der Waals surface area contributed by atoms with Crippen LogP contribution in [0.1, 0.15) is 5.56 Å². The van der Waals surface area contributed by atoms with Gasteiger partial charge in [0.15, 0.2) is 0 Å². The molecule has 0 aromatic heterocycles. The molecule has 0 saturated heterocycles. The van der Waals surface area contributed by atoms with Crippen LogP contribution in [-0.2, 0) is 16.4 Å². The zero-order chi connectivity index (χ0) is 15.3. The summed E-state index contributed by atoms with van der Waals surface area (Å²) in [5, 5.41) is 3.03. The van der Waals surface area contributed by atoms with Crippen LogP contribution >= 0.6 is 0 Å². The van der Waals surface area contributed by atoms with Gasteiger partial charge in [-0.15, -0.1) is 0 Å². The molecular formula is C15H17FN2O2S. The van der Waals surface area contributed by atoms with Crippen LogP contribution < -0.4 is 10.0 Å². The molecule has 6 heteroatoms. The van der Waals surface area contributed by atoms with Crippen LogP contribution in [0.15, 0.2) is 53.4 Å². The first-order valence-electron chi connectivity index (χ1n) is 6.53. The third-order valence-electron chi connectivity index (χ3n) is 2.97. The highest BCUT2D eigenvalue weighted by Gasteiger charge is 2.14. The van der Waals surface area contributed by atoms with E-state index in [9.17, 15) is 12.8 Å². The SMILES string of the molecule is CNCCc1ccc(S(=O)(=O)Nc2cccc(F)c2)cc1. The Morgan fingerprint density at radius 3 is 2.43 bits per heavy atom. The Labute approximate surface area is 124 Å². The monoisotopic (exact) mass is 308 g/mol. The van der Waals surface area contributed by atoms with Crippen molar-refractivity contribution in [2.75, 3.05) is 18.3 Å². The molecule has 0 atom stereocenters. The Bertz CT molecular complexity index is 700. The first-order valence-corrected chi connectivity index (χ1v) is 8.01. The molecule has 0 unspecified atom stereocenters. The standard InChI is InChI=1S/C15H17FN2O2S/c1-17-10-9-12-5-7-15(8-6-12)21(19,20)18-14-4-2-3-13(16)11-14/h2-8,11,17-18H,9-10H2,1H3. The second-order valence-electron chi connectivity index (χ2n) is 4.61. The third kappa shape index (κ3) is 4.27. The van der Waals surface area contributed by atoms with E-state index in [2.05, 4.69) is 10.0 Å². The fourth-order valence-corrected chi connectivity index (χ4v) is 2.92. The fourth-order valence-electron chi connectivity index (χ4n) is 1.87. The summed E-state index contributed by atoms with van der Waals surface area (Å²) in [5.41, 5.74) is 1.25. The number of hydrogen-bond donors (Lipinski definition) is 2. The lowest BCUT2D eigenvalue weighted by Gasteiger charge is -2.09. The molecule has 0 radical (unpaired) electrons. The molecule has 0 heterocycles. The number of rotatable bonds is 6. The molecule has 0 fully saturated rings. The molecule has 0 aliphatic carbocycles. The Kier molecular flexibility index (Phi) is 4.93. The Morgan fingerprint density at radius 2 is 1.81 bits per heavy atom. The smallest absolute Gasteiger partial charge is 0.261 e. The number of benzene rings is 2. The van der Waals surface area contributed by atoms with Crippen molar-refractivity contribution in [2.45, 2.75) is 11.3 Å². The first kappa shape index (κ1) is 15.5. The maximum absolute atomic E-state index is 13.1. The van der Waals surface area contributed by atoms with Gasteiger partial charge in [-0.1, -0.05) is 18.2 Å². The van der Waals surface area contributed by atoms with Gasteiger partial charge in [0.1, 0.15) is 5.82 Å². The van der Waals surface area contributed by atoms with E-state index < -0.39 is 15.8 Å². The Balaban J connectivity index is 2.15. The van der Waals surface area contributed by atoms with Crippen molar-refractivity contribution in [3.05, 3.63) is 59.9 Å². The van der Waals surface area contributed by atoms with Gasteiger partial charge in [-0.25, -0.2) is 12.8 Å². The van der Waals surface area contributed by atoms with Crippen LogP contribution in [0.25, 0.3) is 0 Å². The predicted molar refractivity (Wildman–Crippen MR) is 81.3 cm³/mol. The molecule has 0 bridgehead atoms. The minimum absolute atomic E-state index is 0.153. The number of nitrogens with one attached hydrogen (secondary N) is 2. The molecule has 0 amide bonds. The maximum Gasteiger partial charge on any atom is 0.261 e. The molecule has 0 spiro atoms. The zero-order valence-electron chi connectivity index (χ0n) is 11.6. The van der Waals surface area contributed by atoms with Crippen LogP contribution in [0.5, 0.6) is 0 Å². The number of likely N-dealkylation sites (N-methyl/N-ethyl adjacent to an activating group) is 1. The Hall–Kier alpha value is -1.92. The van der Waals surface area contributed by atoms with Crippen molar-refractivity contribution in [1.82, 2.24) is 5.32 Å². The van der Waals surface area contributed by atoms with Crippen molar-refractivity contribution >= 4 is 15.7 Å². The van der Waals surface area contributed by atoms with E-state index in [0.717, 1.165) is 24.6 Å². The minimum Gasteiger partial charge on any atom is -0.319 e. The van der Waals surface area contributed by atoms with Crippen molar-refractivity contribution in [3.8, 4) is 0 Å². The molecule has 2 aromatic rings. The highest BCUT2D eigenvalue weighted by molar-refractivity contribution is 7.92. The van der Waals surface area contributed by atoms with Gasteiger partial charge in [-0.05, 0) is 55.9 Å². The summed E-state index contributed by atoms with van der Waals surface area (Å²) in [4.78, 5) is 0.153. The van der Waals surface area contributed by atoms with Crippen molar-refractivity contribution in [1.29, 1.82) is 0 Å². The molecule has 0 aliphatic heterocycles. The molecule has 2 rings (SSSR count). The minimum atomic E-state index is -3.70. The van der Waals surface area contributed by atoms with Crippen LogP contribution in [-0.4, -0.2) is 22.0 Å². The van der Waals surface area contributed by atoms with Gasteiger partial charge in [0.05, 0.1) is 10.6 Å². The molecule has 4 nitrogen and oxygen atoms in total. The lowest BCUT2D eigenvalue weighted by Crippen LogP contribution is -2.13. The summed E-state index contributed by atoms with van der Waals surface area (Å²) in [7, 11) is -1.84. The van der Waals surface area contributed by atoms with Crippen molar-refractivity contribution in [2.24, 2.45) is 0 Å². The molecular weight excluding hydrogens is 291 g/mol. The summed E-state index contributed by atoms with van der Waals surface area (Å²) >= 11 is 0. The van der Waals surface area contributed by atoms with Crippen LogP contribution in [0.3, 0.4) is 0 Å². The average Bonchev–Trinajstić information content (AvgIpc) is 2.45. The van der Waals surface area contributed by atoms with Crippen LogP contribution in [0.2, 0.25) is 0 Å². The predicted octanol–water partition coefficient (Wildman–Crippen LogP) is 2.39. The van der Waals surface area contributed by atoms with E-state index in [1.54, 1.807) is 24.3 Å². The van der Waals surface area contributed by atoms with Gasteiger partial charge in [-0.3, -0.25) is 4.72 Å². The van der Waals surface area contributed by atoms with Gasteiger partial charge in [0.25, 0.3) is 10.0 Å². The lowest BCUT2D eigenvalue weighted by molar-refractivity contribution is 0.601. The zero-order valence-corrected chi connectivity index (χ0v) is 12.5. The Morgan fingerprint density at radius 1 is 1.10 bits per heavy atom. The molecule has 0 aliphatic rings. The molecule has 0 saturated carbocycles. The quantitative estimate of drug-likeness (QED) is 0.861. The first-order chi connectivity index (χ1) is 10.0. The number of halogens is 1. The van der Waals surface area contributed by atoms with Gasteiger partial charge >= 0.3 is 0 Å². The van der Waals surface area contributed by atoms with E-state index >= 15 is 0 Å². The van der Waals surface area contributed by atoms with Gasteiger partial charge < -0.3 is 5.32 Å². The van der Waals surface area contributed by atoms with Gasteiger partial charge in [0, 0.05) is 0 Å². The van der Waals surface area contributed by atoms with Crippen LogP contribution in [0.4, 0.5) is 10.1 Å². The summed E-state index contributed by atoms with van der Waals surface area (Å²) in [6.45, 7) is 0.827. The molecule has 2 N–H and O–H groups in total. The summed E-state index contributed by atoms with van der Waals surface area (Å²) in [5.74, 6) is -0.488. The van der Waals surface area contributed by atoms with Crippen LogP contribution in [0, 0.1) is 5.82 Å². The fraction of sp³-hybridized carbons (Fsp3) is 0.200. The summed E-state index contributed by atoms with van der Waals surface area (Å²) < 4.78 is 39.8. The number of anilines is 1. The maximum atomic E-state index is 13.1. The van der Waals surface area contributed by atoms with Gasteiger partial charge in [0.2, 0.25) is 0 Å². The normalized spacial score (nSPS) is 11.3. The average molecular weight is 308 g/mol.